The molecule has 0 spiro atoms. The topological polar surface area (TPSA) is 33.7 Å². The molecule has 0 radical (unpaired) electrons. The van der Waals surface area contributed by atoms with Gasteiger partial charge in [-0.05, 0) is 44.0 Å². The minimum absolute atomic E-state index is 0.582. The van der Waals surface area contributed by atoms with Gasteiger partial charge in [-0.1, -0.05) is 23.2 Å². The van der Waals surface area contributed by atoms with Crippen LogP contribution in [0.1, 0.15) is 18.4 Å². The van der Waals surface area contributed by atoms with Gasteiger partial charge in [-0.3, -0.25) is 4.90 Å². The SMILES string of the molecule is Cc1cc(Cl)cc(Cl)c1OCCCCNCCN1CCOCC1. The van der Waals surface area contributed by atoms with Crippen molar-refractivity contribution in [3.8, 4) is 5.75 Å². The van der Waals surface area contributed by atoms with Crippen molar-refractivity contribution in [2.75, 3.05) is 52.5 Å². The van der Waals surface area contributed by atoms with Crippen LogP contribution in [0.15, 0.2) is 12.1 Å². The van der Waals surface area contributed by atoms with Crippen LogP contribution in [0.3, 0.4) is 0 Å². The average Bonchev–Trinajstić information content (AvgIpc) is 2.53. The average molecular weight is 361 g/mol. The molecule has 130 valence electrons. The molecular weight excluding hydrogens is 335 g/mol. The summed E-state index contributed by atoms with van der Waals surface area (Å²) in [4.78, 5) is 2.44. The molecule has 0 aliphatic carbocycles. The van der Waals surface area contributed by atoms with Gasteiger partial charge >= 0.3 is 0 Å². The number of halogens is 2. The number of benzene rings is 1. The van der Waals surface area contributed by atoms with Gasteiger partial charge in [0.15, 0.2) is 0 Å². The number of nitrogens with one attached hydrogen (secondary N) is 1. The lowest BCUT2D eigenvalue weighted by molar-refractivity contribution is 0.0384. The highest BCUT2D eigenvalue weighted by molar-refractivity contribution is 6.35. The molecule has 1 aliphatic rings. The van der Waals surface area contributed by atoms with Crippen molar-refractivity contribution in [3.05, 3.63) is 27.7 Å². The van der Waals surface area contributed by atoms with Gasteiger partial charge in [0.1, 0.15) is 5.75 Å². The van der Waals surface area contributed by atoms with Gasteiger partial charge in [0.2, 0.25) is 0 Å². The summed E-state index contributed by atoms with van der Waals surface area (Å²) in [6, 6.07) is 3.59. The molecule has 1 N–H and O–H groups in total. The molecule has 1 aromatic rings. The third-order valence-electron chi connectivity index (χ3n) is 3.90. The molecule has 0 unspecified atom stereocenters. The highest BCUT2D eigenvalue weighted by atomic mass is 35.5. The molecule has 0 aromatic heterocycles. The number of hydrogen-bond donors (Lipinski definition) is 1. The fraction of sp³-hybridized carbons (Fsp3) is 0.647. The van der Waals surface area contributed by atoms with Crippen molar-refractivity contribution < 1.29 is 9.47 Å². The molecule has 1 heterocycles. The predicted octanol–water partition coefficient (Wildman–Crippen LogP) is 3.38. The molecular formula is C17H26Cl2N2O2. The molecule has 2 rings (SSSR count). The number of nitrogens with zero attached hydrogens (tertiary/aromatic N) is 1. The molecule has 1 saturated heterocycles. The van der Waals surface area contributed by atoms with E-state index in [9.17, 15) is 0 Å². The summed E-state index contributed by atoms with van der Waals surface area (Å²) in [5.74, 6) is 0.747. The normalized spacial score (nSPS) is 15.8. The second-order valence-electron chi connectivity index (χ2n) is 5.79. The lowest BCUT2D eigenvalue weighted by Gasteiger charge is -2.26. The first-order valence-electron chi connectivity index (χ1n) is 8.26. The van der Waals surface area contributed by atoms with Crippen LogP contribution >= 0.6 is 23.2 Å². The zero-order chi connectivity index (χ0) is 16.5. The van der Waals surface area contributed by atoms with Crippen molar-refractivity contribution in [3.63, 3.8) is 0 Å². The molecule has 0 amide bonds. The molecule has 6 heteroatoms. The number of hydrogen-bond acceptors (Lipinski definition) is 4. The van der Waals surface area contributed by atoms with Gasteiger partial charge in [0.25, 0.3) is 0 Å². The van der Waals surface area contributed by atoms with E-state index in [0.29, 0.717) is 16.7 Å². The smallest absolute Gasteiger partial charge is 0.140 e. The molecule has 4 nitrogen and oxygen atoms in total. The molecule has 0 saturated carbocycles. The summed E-state index contributed by atoms with van der Waals surface area (Å²) in [6.07, 6.45) is 2.09. The highest BCUT2D eigenvalue weighted by Gasteiger charge is 2.09. The first kappa shape index (κ1) is 18.8. The van der Waals surface area contributed by atoms with Crippen LogP contribution in [0.5, 0.6) is 5.75 Å². The van der Waals surface area contributed by atoms with Crippen LogP contribution in [-0.4, -0.2) is 57.4 Å². The quantitative estimate of drug-likeness (QED) is 0.684. The minimum atomic E-state index is 0.582. The van der Waals surface area contributed by atoms with E-state index in [1.165, 1.54) is 0 Å². The maximum Gasteiger partial charge on any atom is 0.140 e. The van der Waals surface area contributed by atoms with Gasteiger partial charge in [-0.25, -0.2) is 0 Å². The van der Waals surface area contributed by atoms with E-state index in [2.05, 4.69) is 10.2 Å². The Morgan fingerprint density at radius 1 is 1.17 bits per heavy atom. The first-order chi connectivity index (χ1) is 11.2. The number of morpholine rings is 1. The summed E-state index contributed by atoms with van der Waals surface area (Å²) in [5, 5.41) is 4.70. The fourth-order valence-electron chi connectivity index (χ4n) is 2.59. The third-order valence-corrected chi connectivity index (χ3v) is 4.40. The van der Waals surface area contributed by atoms with Crippen molar-refractivity contribution in [2.24, 2.45) is 0 Å². The van der Waals surface area contributed by atoms with Gasteiger partial charge in [0, 0.05) is 31.2 Å². The number of rotatable bonds is 9. The van der Waals surface area contributed by atoms with Crippen LogP contribution in [0.4, 0.5) is 0 Å². The summed E-state index contributed by atoms with van der Waals surface area (Å²) in [6.45, 7) is 9.61. The van der Waals surface area contributed by atoms with Crippen LogP contribution in [0.2, 0.25) is 10.0 Å². The van der Waals surface area contributed by atoms with E-state index < -0.39 is 0 Å². The zero-order valence-electron chi connectivity index (χ0n) is 13.7. The van der Waals surface area contributed by atoms with E-state index in [4.69, 9.17) is 32.7 Å². The lowest BCUT2D eigenvalue weighted by atomic mass is 10.2. The Labute approximate surface area is 149 Å². The van der Waals surface area contributed by atoms with Gasteiger partial charge in [-0.15, -0.1) is 0 Å². The molecule has 1 aliphatic heterocycles. The first-order valence-corrected chi connectivity index (χ1v) is 9.01. The van der Waals surface area contributed by atoms with Gasteiger partial charge in [-0.2, -0.15) is 0 Å². The number of aryl methyl sites for hydroxylation is 1. The second-order valence-corrected chi connectivity index (χ2v) is 6.64. The van der Waals surface area contributed by atoms with Crippen molar-refractivity contribution in [1.82, 2.24) is 10.2 Å². The largest absolute Gasteiger partial charge is 0.492 e. The van der Waals surface area contributed by atoms with Crippen LogP contribution in [0, 0.1) is 6.92 Å². The van der Waals surface area contributed by atoms with Crippen LogP contribution in [0.25, 0.3) is 0 Å². The van der Waals surface area contributed by atoms with Crippen molar-refractivity contribution >= 4 is 23.2 Å². The Kier molecular flexibility index (Phi) is 8.48. The Balaban J connectivity index is 1.51. The van der Waals surface area contributed by atoms with E-state index in [-0.39, 0.29) is 0 Å². The Morgan fingerprint density at radius 3 is 2.70 bits per heavy atom. The second kappa shape index (κ2) is 10.4. The van der Waals surface area contributed by atoms with Crippen LogP contribution < -0.4 is 10.1 Å². The van der Waals surface area contributed by atoms with Crippen molar-refractivity contribution in [1.29, 1.82) is 0 Å². The van der Waals surface area contributed by atoms with E-state index >= 15 is 0 Å². The maximum atomic E-state index is 6.15. The van der Waals surface area contributed by atoms with Gasteiger partial charge in [0.05, 0.1) is 24.8 Å². The standard InChI is InChI=1S/C17H26Cl2N2O2/c1-14-12-15(18)13-16(19)17(14)23-9-3-2-4-20-5-6-21-7-10-22-11-8-21/h12-13,20H,2-11H2,1H3. The van der Waals surface area contributed by atoms with Gasteiger partial charge < -0.3 is 14.8 Å². The summed E-state index contributed by atoms with van der Waals surface area (Å²) < 4.78 is 11.1. The predicted molar refractivity (Wildman–Crippen MR) is 96.1 cm³/mol. The minimum Gasteiger partial charge on any atom is -0.492 e. The monoisotopic (exact) mass is 360 g/mol. The van der Waals surface area contributed by atoms with E-state index in [1.807, 2.05) is 13.0 Å². The molecule has 1 aromatic carbocycles. The Hall–Kier alpha value is -0.520. The van der Waals surface area contributed by atoms with E-state index in [0.717, 1.165) is 70.1 Å². The summed E-state index contributed by atoms with van der Waals surface area (Å²) in [5.41, 5.74) is 0.978. The highest BCUT2D eigenvalue weighted by Crippen LogP contribution is 2.31. The Bertz CT molecular complexity index is 457. The molecule has 23 heavy (non-hydrogen) atoms. The molecule has 0 atom stereocenters. The molecule has 0 bridgehead atoms. The third kappa shape index (κ3) is 6.86. The lowest BCUT2D eigenvalue weighted by Crippen LogP contribution is -2.40. The van der Waals surface area contributed by atoms with E-state index in [1.54, 1.807) is 6.07 Å². The number of unbranched alkanes of at least 4 members (excludes halogenated alkanes) is 1. The Morgan fingerprint density at radius 2 is 1.96 bits per heavy atom. The summed E-state index contributed by atoms with van der Waals surface area (Å²) in [7, 11) is 0. The van der Waals surface area contributed by atoms with Crippen LogP contribution in [-0.2, 0) is 4.74 Å². The number of ether oxygens (including phenoxy) is 2. The summed E-state index contributed by atoms with van der Waals surface area (Å²) >= 11 is 12.1. The molecule has 1 fully saturated rings. The fourth-order valence-corrected chi connectivity index (χ4v) is 3.23. The maximum absolute atomic E-state index is 6.15. The zero-order valence-corrected chi connectivity index (χ0v) is 15.3. The van der Waals surface area contributed by atoms with Crippen molar-refractivity contribution in [2.45, 2.75) is 19.8 Å².